The van der Waals surface area contributed by atoms with Crippen LogP contribution in [-0.2, 0) is 17.4 Å². The Morgan fingerprint density at radius 1 is 0.794 bits per heavy atom. The van der Waals surface area contributed by atoms with Crippen LogP contribution in [0.3, 0.4) is 0 Å². The summed E-state index contributed by atoms with van der Waals surface area (Å²) in [4.78, 5) is 0. The van der Waals surface area contributed by atoms with Gasteiger partial charge in [0, 0.05) is 18.0 Å². The van der Waals surface area contributed by atoms with Gasteiger partial charge in [0.1, 0.15) is 0 Å². The van der Waals surface area contributed by atoms with Gasteiger partial charge in [-0.15, -0.1) is 0 Å². The minimum atomic E-state index is 0.00642. The third-order valence-corrected chi connectivity index (χ3v) is 8.76. The van der Waals surface area contributed by atoms with Gasteiger partial charge in [-0.3, -0.25) is 0 Å². The monoisotopic (exact) mass is 459 g/mol. The lowest BCUT2D eigenvalue weighted by molar-refractivity contribution is 0.388. The van der Waals surface area contributed by atoms with Gasteiger partial charge in [0.2, 0.25) is 0 Å². The molecular formula is C33H49N. The molecule has 186 valence electrons. The second kappa shape index (κ2) is 11.0. The van der Waals surface area contributed by atoms with E-state index in [1.165, 1.54) is 81.8 Å². The Bertz CT molecular complexity index is 911. The normalized spacial score (nSPS) is 18.5. The van der Waals surface area contributed by atoms with E-state index >= 15 is 0 Å². The summed E-state index contributed by atoms with van der Waals surface area (Å²) in [7, 11) is 0. The van der Waals surface area contributed by atoms with E-state index in [4.69, 9.17) is 0 Å². The van der Waals surface area contributed by atoms with Crippen molar-refractivity contribution in [3.8, 4) is 0 Å². The molecule has 2 aliphatic carbocycles. The number of benzene rings is 2. The average molecular weight is 460 g/mol. The Labute approximate surface area is 210 Å². The van der Waals surface area contributed by atoms with Crippen LogP contribution in [-0.4, -0.2) is 6.04 Å². The first-order chi connectivity index (χ1) is 16.3. The summed E-state index contributed by atoms with van der Waals surface area (Å²) in [6.07, 6.45) is 14.9. The summed E-state index contributed by atoms with van der Waals surface area (Å²) in [5.41, 5.74) is 8.01. The highest BCUT2D eigenvalue weighted by molar-refractivity contribution is 5.52. The van der Waals surface area contributed by atoms with Crippen molar-refractivity contribution in [3.63, 3.8) is 0 Å². The first kappa shape index (κ1) is 25.5. The Morgan fingerprint density at radius 3 is 2.06 bits per heavy atom. The lowest BCUT2D eigenvalue weighted by Crippen LogP contribution is -2.31. The molecule has 2 aromatic carbocycles. The first-order valence-electron chi connectivity index (χ1n) is 14.3. The van der Waals surface area contributed by atoms with Crippen molar-refractivity contribution in [1.29, 1.82) is 0 Å². The first-order valence-corrected chi connectivity index (χ1v) is 14.3. The van der Waals surface area contributed by atoms with Crippen LogP contribution in [0, 0.1) is 0 Å². The molecule has 2 fully saturated rings. The van der Waals surface area contributed by atoms with Crippen molar-refractivity contribution in [2.45, 2.75) is 135 Å². The summed E-state index contributed by atoms with van der Waals surface area (Å²) in [6, 6.07) is 17.1. The largest absolute Gasteiger partial charge is 0.310 e. The fourth-order valence-electron chi connectivity index (χ4n) is 6.32. The number of rotatable bonds is 9. The fourth-order valence-corrected chi connectivity index (χ4v) is 6.32. The Kier molecular flexibility index (Phi) is 8.24. The van der Waals surface area contributed by atoms with Gasteiger partial charge < -0.3 is 5.32 Å². The topological polar surface area (TPSA) is 12.0 Å². The number of nitrogens with one attached hydrogen (secondary N) is 1. The number of hydrogen-bond acceptors (Lipinski definition) is 1. The maximum absolute atomic E-state index is 4.06. The molecule has 0 unspecified atom stereocenters. The van der Waals surface area contributed by atoms with Gasteiger partial charge in [0.15, 0.2) is 0 Å². The molecule has 0 bridgehead atoms. The lowest BCUT2D eigenvalue weighted by Gasteiger charge is -2.34. The minimum absolute atomic E-state index is 0.00642. The predicted octanol–water partition coefficient (Wildman–Crippen LogP) is 9.17. The van der Waals surface area contributed by atoms with Gasteiger partial charge in [-0.1, -0.05) is 116 Å². The minimum Gasteiger partial charge on any atom is -0.310 e. The third kappa shape index (κ3) is 5.96. The molecule has 0 spiro atoms. The van der Waals surface area contributed by atoms with E-state index in [0.717, 1.165) is 12.5 Å². The van der Waals surface area contributed by atoms with Crippen molar-refractivity contribution in [2.24, 2.45) is 0 Å². The van der Waals surface area contributed by atoms with Gasteiger partial charge >= 0.3 is 0 Å². The molecule has 0 saturated heterocycles. The molecule has 1 N–H and O–H groups in total. The molecule has 0 radical (unpaired) electrons. The van der Waals surface area contributed by atoms with Crippen LogP contribution in [0.5, 0.6) is 0 Å². The van der Waals surface area contributed by atoms with E-state index < -0.39 is 0 Å². The van der Waals surface area contributed by atoms with Gasteiger partial charge in [0.25, 0.3) is 0 Å². The third-order valence-electron chi connectivity index (χ3n) is 8.76. The molecule has 1 heteroatoms. The molecule has 0 heterocycles. The van der Waals surface area contributed by atoms with Crippen LogP contribution in [0.1, 0.15) is 139 Å². The average Bonchev–Trinajstić information content (AvgIpc) is 3.63. The SMILES string of the molecule is CCCC(C)(C)c1cc(CNC2CCCCCCC2)c(C2CC2)c(C(C)(C)c2ccccc2)c1. The molecule has 0 amide bonds. The maximum Gasteiger partial charge on any atom is 0.0211 e. The van der Waals surface area contributed by atoms with Crippen molar-refractivity contribution < 1.29 is 0 Å². The van der Waals surface area contributed by atoms with E-state index in [1.807, 2.05) is 0 Å². The van der Waals surface area contributed by atoms with Crippen molar-refractivity contribution in [1.82, 2.24) is 5.32 Å². The number of hydrogen-bond donors (Lipinski definition) is 1. The van der Waals surface area contributed by atoms with Crippen LogP contribution in [0.2, 0.25) is 0 Å². The molecule has 0 atom stereocenters. The van der Waals surface area contributed by atoms with Gasteiger partial charge in [-0.25, -0.2) is 0 Å². The van der Waals surface area contributed by atoms with E-state index in [2.05, 4.69) is 82.4 Å². The Morgan fingerprint density at radius 2 is 1.44 bits per heavy atom. The summed E-state index contributed by atoms with van der Waals surface area (Å²) in [5, 5.41) is 4.06. The molecule has 2 saturated carbocycles. The zero-order valence-corrected chi connectivity index (χ0v) is 22.7. The van der Waals surface area contributed by atoms with Crippen LogP contribution >= 0.6 is 0 Å². The molecule has 34 heavy (non-hydrogen) atoms. The summed E-state index contributed by atoms with van der Waals surface area (Å²) in [6.45, 7) is 13.2. The molecule has 1 nitrogen and oxygen atoms in total. The van der Waals surface area contributed by atoms with Crippen LogP contribution in [0.15, 0.2) is 42.5 Å². The standard InChI is InChI=1S/C33H49N/c1-6-21-32(2,3)28-22-26(24-34-29-17-13-8-7-9-14-18-29)31(25-19-20-25)30(23-28)33(4,5)27-15-11-10-12-16-27/h10-12,15-16,22-23,25,29,34H,6-9,13-14,17-21,24H2,1-5H3. The highest BCUT2D eigenvalue weighted by Crippen LogP contribution is 2.49. The Balaban J connectivity index is 1.75. The molecule has 2 aliphatic rings. The maximum atomic E-state index is 4.06. The summed E-state index contributed by atoms with van der Waals surface area (Å²) >= 11 is 0. The molecule has 0 aliphatic heterocycles. The van der Waals surface area contributed by atoms with Gasteiger partial charge in [-0.2, -0.15) is 0 Å². The van der Waals surface area contributed by atoms with Crippen molar-refractivity contribution in [2.75, 3.05) is 0 Å². The fraction of sp³-hybridized carbons (Fsp3) is 0.636. The van der Waals surface area contributed by atoms with E-state index in [1.54, 1.807) is 16.7 Å². The Hall–Kier alpha value is -1.60. The second-order valence-electron chi connectivity index (χ2n) is 12.4. The van der Waals surface area contributed by atoms with Crippen molar-refractivity contribution >= 4 is 0 Å². The van der Waals surface area contributed by atoms with Crippen LogP contribution in [0.4, 0.5) is 0 Å². The molecule has 2 aromatic rings. The quantitative estimate of drug-likeness (QED) is 0.394. The van der Waals surface area contributed by atoms with Gasteiger partial charge in [0.05, 0.1) is 0 Å². The summed E-state index contributed by atoms with van der Waals surface area (Å²) < 4.78 is 0. The second-order valence-corrected chi connectivity index (χ2v) is 12.4. The van der Waals surface area contributed by atoms with E-state index in [0.29, 0.717) is 6.04 Å². The van der Waals surface area contributed by atoms with Crippen LogP contribution < -0.4 is 5.32 Å². The highest BCUT2D eigenvalue weighted by Gasteiger charge is 2.36. The summed E-state index contributed by atoms with van der Waals surface area (Å²) in [5.74, 6) is 0.746. The van der Waals surface area contributed by atoms with Crippen LogP contribution in [0.25, 0.3) is 0 Å². The molecular weight excluding hydrogens is 410 g/mol. The smallest absolute Gasteiger partial charge is 0.0211 e. The zero-order chi connectivity index (χ0) is 24.2. The molecule has 0 aromatic heterocycles. The molecule has 4 rings (SSSR count). The lowest BCUT2D eigenvalue weighted by atomic mass is 9.70. The van der Waals surface area contributed by atoms with Gasteiger partial charge in [-0.05, 0) is 71.3 Å². The van der Waals surface area contributed by atoms with E-state index in [9.17, 15) is 0 Å². The predicted molar refractivity (Wildman–Crippen MR) is 148 cm³/mol. The van der Waals surface area contributed by atoms with Crippen molar-refractivity contribution in [3.05, 3.63) is 70.3 Å². The highest BCUT2D eigenvalue weighted by atomic mass is 14.9. The zero-order valence-electron chi connectivity index (χ0n) is 22.7. The van der Waals surface area contributed by atoms with E-state index in [-0.39, 0.29) is 10.8 Å².